The van der Waals surface area contributed by atoms with Crippen LogP contribution in [-0.4, -0.2) is 46.2 Å². The molecule has 1 atom stereocenters. The van der Waals surface area contributed by atoms with Crippen LogP contribution in [0.1, 0.15) is 17.0 Å². The highest BCUT2D eigenvalue weighted by atomic mass is 16.6. The van der Waals surface area contributed by atoms with Crippen molar-refractivity contribution in [3.63, 3.8) is 0 Å². The molecule has 120 valence electrons. The normalized spacial score (nSPS) is 17.9. The van der Waals surface area contributed by atoms with E-state index in [4.69, 9.17) is 0 Å². The quantitative estimate of drug-likeness (QED) is 0.887. The summed E-state index contributed by atoms with van der Waals surface area (Å²) in [4.78, 5) is 26.5. The molecule has 2 aromatic rings. The Morgan fingerprint density at radius 3 is 2.83 bits per heavy atom. The zero-order valence-corrected chi connectivity index (χ0v) is 12.9. The SMILES string of the molecule is Cc1nonc1CC(=O)N1CCNC(=O)[C@@H]1Cc1ccccc1. The summed E-state index contributed by atoms with van der Waals surface area (Å²) in [5, 5.41) is 10.3. The summed E-state index contributed by atoms with van der Waals surface area (Å²) in [7, 11) is 0. The van der Waals surface area contributed by atoms with E-state index >= 15 is 0 Å². The van der Waals surface area contributed by atoms with E-state index in [0.717, 1.165) is 5.56 Å². The zero-order chi connectivity index (χ0) is 16.2. The number of aromatic nitrogens is 2. The van der Waals surface area contributed by atoms with Crippen molar-refractivity contribution in [1.29, 1.82) is 0 Å². The Kier molecular flexibility index (Phi) is 4.36. The lowest BCUT2D eigenvalue weighted by atomic mass is 10.0. The number of piperazine rings is 1. The third-order valence-corrected chi connectivity index (χ3v) is 3.99. The van der Waals surface area contributed by atoms with Gasteiger partial charge in [-0.1, -0.05) is 40.6 Å². The van der Waals surface area contributed by atoms with Crippen LogP contribution in [0.25, 0.3) is 0 Å². The molecule has 1 saturated heterocycles. The van der Waals surface area contributed by atoms with E-state index in [9.17, 15) is 9.59 Å². The van der Waals surface area contributed by atoms with Gasteiger partial charge in [-0.05, 0) is 12.5 Å². The molecule has 0 saturated carbocycles. The standard InChI is InChI=1S/C16H18N4O3/c1-11-13(19-23-18-11)10-15(21)20-8-7-17-16(22)14(20)9-12-5-3-2-4-6-12/h2-6,14H,7-10H2,1H3,(H,17,22)/t14-/m0/s1. The molecule has 0 bridgehead atoms. The summed E-state index contributed by atoms with van der Waals surface area (Å²) in [6.45, 7) is 2.70. The highest BCUT2D eigenvalue weighted by Crippen LogP contribution is 2.14. The van der Waals surface area contributed by atoms with Crippen LogP contribution in [0.4, 0.5) is 0 Å². The van der Waals surface area contributed by atoms with E-state index in [1.807, 2.05) is 30.3 Å². The molecule has 2 amide bonds. The lowest BCUT2D eigenvalue weighted by molar-refractivity contribution is -0.142. The summed E-state index contributed by atoms with van der Waals surface area (Å²) in [6, 6.07) is 9.18. The molecule has 0 spiro atoms. The predicted octanol–water partition coefficient (Wildman–Crippen LogP) is 0.490. The number of carbonyl (C=O) groups excluding carboxylic acids is 2. The Balaban J connectivity index is 1.76. The minimum atomic E-state index is -0.501. The molecule has 7 heteroatoms. The van der Waals surface area contributed by atoms with Crippen molar-refractivity contribution in [1.82, 2.24) is 20.5 Å². The minimum Gasteiger partial charge on any atom is -0.353 e. The Morgan fingerprint density at radius 2 is 2.13 bits per heavy atom. The van der Waals surface area contributed by atoms with Gasteiger partial charge in [-0.3, -0.25) is 9.59 Å². The van der Waals surface area contributed by atoms with Gasteiger partial charge in [0.15, 0.2) is 0 Å². The molecular formula is C16H18N4O3. The second-order valence-electron chi connectivity index (χ2n) is 5.56. The predicted molar refractivity (Wildman–Crippen MR) is 81.4 cm³/mol. The molecule has 3 rings (SSSR count). The average molecular weight is 314 g/mol. The van der Waals surface area contributed by atoms with Crippen LogP contribution >= 0.6 is 0 Å². The number of nitrogens with one attached hydrogen (secondary N) is 1. The molecular weight excluding hydrogens is 296 g/mol. The van der Waals surface area contributed by atoms with Crippen LogP contribution in [0.2, 0.25) is 0 Å². The van der Waals surface area contributed by atoms with Gasteiger partial charge in [0.1, 0.15) is 17.4 Å². The lowest BCUT2D eigenvalue weighted by Gasteiger charge is -2.35. The maximum Gasteiger partial charge on any atom is 0.243 e. The molecule has 1 aromatic heterocycles. The Hall–Kier alpha value is -2.70. The number of hydrogen-bond donors (Lipinski definition) is 1. The van der Waals surface area contributed by atoms with Crippen molar-refractivity contribution in [3.05, 3.63) is 47.3 Å². The molecule has 7 nitrogen and oxygen atoms in total. The molecule has 0 aliphatic carbocycles. The first-order valence-electron chi connectivity index (χ1n) is 7.54. The fraction of sp³-hybridized carbons (Fsp3) is 0.375. The number of rotatable bonds is 4. The Labute approximate surface area is 133 Å². The number of aryl methyl sites for hydroxylation is 1. The van der Waals surface area contributed by atoms with Gasteiger partial charge >= 0.3 is 0 Å². The molecule has 1 fully saturated rings. The van der Waals surface area contributed by atoms with Gasteiger partial charge in [-0.2, -0.15) is 0 Å². The highest BCUT2D eigenvalue weighted by molar-refractivity contribution is 5.89. The maximum atomic E-state index is 12.6. The lowest BCUT2D eigenvalue weighted by Crippen LogP contribution is -2.58. The van der Waals surface area contributed by atoms with E-state index in [1.54, 1.807) is 11.8 Å². The molecule has 2 heterocycles. The maximum absolute atomic E-state index is 12.6. The van der Waals surface area contributed by atoms with E-state index in [1.165, 1.54) is 0 Å². The summed E-state index contributed by atoms with van der Waals surface area (Å²) in [5.74, 6) is -0.261. The smallest absolute Gasteiger partial charge is 0.243 e. The topological polar surface area (TPSA) is 88.3 Å². The van der Waals surface area contributed by atoms with Crippen LogP contribution in [-0.2, 0) is 22.4 Å². The Morgan fingerprint density at radius 1 is 1.35 bits per heavy atom. The van der Waals surface area contributed by atoms with Crippen LogP contribution in [0.15, 0.2) is 35.0 Å². The molecule has 23 heavy (non-hydrogen) atoms. The number of hydrogen-bond acceptors (Lipinski definition) is 5. The van der Waals surface area contributed by atoms with Crippen molar-refractivity contribution in [2.24, 2.45) is 0 Å². The van der Waals surface area contributed by atoms with Gasteiger partial charge in [0, 0.05) is 19.5 Å². The largest absolute Gasteiger partial charge is 0.353 e. The third kappa shape index (κ3) is 3.39. The van der Waals surface area contributed by atoms with Crippen molar-refractivity contribution in [2.75, 3.05) is 13.1 Å². The van der Waals surface area contributed by atoms with Crippen molar-refractivity contribution in [2.45, 2.75) is 25.8 Å². The van der Waals surface area contributed by atoms with Gasteiger partial charge in [0.05, 0.1) is 6.42 Å². The van der Waals surface area contributed by atoms with E-state index < -0.39 is 6.04 Å². The fourth-order valence-corrected chi connectivity index (χ4v) is 2.71. The van der Waals surface area contributed by atoms with Gasteiger partial charge in [0.2, 0.25) is 11.8 Å². The molecule has 1 aliphatic heterocycles. The van der Waals surface area contributed by atoms with Crippen molar-refractivity contribution < 1.29 is 14.2 Å². The number of carbonyl (C=O) groups is 2. The van der Waals surface area contributed by atoms with Gasteiger partial charge < -0.3 is 10.2 Å². The van der Waals surface area contributed by atoms with Crippen LogP contribution in [0, 0.1) is 6.92 Å². The summed E-state index contributed by atoms with van der Waals surface area (Å²) in [6.07, 6.45) is 0.586. The molecule has 0 radical (unpaired) electrons. The first kappa shape index (κ1) is 15.2. The van der Waals surface area contributed by atoms with Crippen LogP contribution in [0.5, 0.6) is 0 Å². The summed E-state index contributed by atoms with van der Waals surface area (Å²) in [5.41, 5.74) is 2.13. The average Bonchev–Trinajstić information content (AvgIpc) is 2.95. The van der Waals surface area contributed by atoms with Crippen molar-refractivity contribution in [3.8, 4) is 0 Å². The van der Waals surface area contributed by atoms with Crippen LogP contribution in [0.3, 0.4) is 0 Å². The van der Waals surface area contributed by atoms with Crippen molar-refractivity contribution >= 4 is 11.8 Å². The van der Waals surface area contributed by atoms with E-state index in [-0.39, 0.29) is 18.2 Å². The number of benzene rings is 1. The second kappa shape index (κ2) is 6.60. The van der Waals surface area contributed by atoms with Crippen LogP contribution < -0.4 is 5.32 Å². The van der Waals surface area contributed by atoms with E-state index in [0.29, 0.717) is 30.9 Å². The summed E-state index contributed by atoms with van der Waals surface area (Å²) < 4.78 is 4.63. The number of nitrogens with zero attached hydrogens (tertiary/aromatic N) is 3. The Bertz CT molecular complexity index is 698. The van der Waals surface area contributed by atoms with Gasteiger partial charge in [0.25, 0.3) is 0 Å². The fourth-order valence-electron chi connectivity index (χ4n) is 2.71. The third-order valence-electron chi connectivity index (χ3n) is 3.99. The second-order valence-corrected chi connectivity index (χ2v) is 5.56. The monoisotopic (exact) mass is 314 g/mol. The zero-order valence-electron chi connectivity index (χ0n) is 12.9. The minimum absolute atomic E-state index is 0.0912. The highest BCUT2D eigenvalue weighted by Gasteiger charge is 2.33. The van der Waals surface area contributed by atoms with Gasteiger partial charge in [-0.15, -0.1) is 0 Å². The summed E-state index contributed by atoms with van der Waals surface area (Å²) >= 11 is 0. The molecule has 1 aromatic carbocycles. The van der Waals surface area contributed by atoms with E-state index in [2.05, 4.69) is 20.3 Å². The first-order valence-corrected chi connectivity index (χ1v) is 7.54. The molecule has 1 N–H and O–H groups in total. The molecule has 1 aliphatic rings. The van der Waals surface area contributed by atoms with Gasteiger partial charge in [-0.25, -0.2) is 4.63 Å². The number of amides is 2. The first-order chi connectivity index (χ1) is 11.1. The molecule has 0 unspecified atom stereocenters.